The van der Waals surface area contributed by atoms with Gasteiger partial charge in [0.25, 0.3) is 5.69 Å². The van der Waals surface area contributed by atoms with E-state index >= 15 is 0 Å². The predicted octanol–water partition coefficient (Wildman–Crippen LogP) is 3.25. The quantitative estimate of drug-likeness (QED) is 0.686. The summed E-state index contributed by atoms with van der Waals surface area (Å²) >= 11 is 3.27. The third-order valence-corrected chi connectivity index (χ3v) is 2.43. The number of rotatable bonds is 3. The van der Waals surface area contributed by atoms with Crippen LogP contribution in [0.3, 0.4) is 0 Å². The van der Waals surface area contributed by atoms with Gasteiger partial charge in [0.15, 0.2) is 0 Å². The molecule has 0 aromatic heterocycles. The number of halogens is 1. The highest BCUT2D eigenvalue weighted by molar-refractivity contribution is 9.10. The Morgan fingerprint density at radius 3 is 2.50 bits per heavy atom. The summed E-state index contributed by atoms with van der Waals surface area (Å²) in [6.07, 6.45) is 0. The molecule has 0 atom stereocenters. The van der Waals surface area contributed by atoms with Crippen LogP contribution in [0.2, 0.25) is 0 Å². The van der Waals surface area contributed by atoms with Gasteiger partial charge in [-0.15, -0.1) is 0 Å². The van der Waals surface area contributed by atoms with Crippen LogP contribution in [0.1, 0.15) is 26.3 Å². The van der Waals surface area contributed by atoms with E-state index in [-0.39, 0.29) is 16.1 Å². The molecule has 88 valence electrons. The highest BCUT2D eigenvalue weighted by Crippen LogP contribution is 2.21. The van der Waals surface area contributed by atoms with E-state index in [0.717, 1.165) is 10.0 Å². The summed E-state index contributed by atoms with van der Waals surface area (Å²) in [4.78, 5) is 10.3. The van der Waals surface area contributed by atoms with Gasteiger partial charge in [-0.3, -0.25) is 10.1 Å². The van der Waals surface area contributed by atoms with Crippen molar-refractivity contribution < 1.29 is 4.92 Å². The third-order valence-electron chi connectivity index (χ3n) is 1.98. The van der Waals surface area contributed by atoms with Crippen molar-refractivity contribution >= 4 is 21.6 Å². The van der Waals surface area contributed by atoms with E-state index in [1.807, 2.05) is 6.07 Å². The summed E-state index contributed by atoms with van der Waals surface area (Å²) in [6, 6.07) is 4.97. The number of benzene rings is 1. The van der Waals surface area contributed by atoms with Gasteiger partial charge in [-0.05, 0) is 32.4 Å². The monoisotopic (exact) mass is 286 g/mol. The number of nitrogens with zero attached hydrogens (tertiary/aromatic N) is 1. The lowest BCUT2D eigenvalue weighted by molar-refractivity contribution is -0.385. The minimum atomic E-state index is -0.384. The first kappa shape index (κ1) is 13.1. The molecule has 0 saturated heterocycles. The van der Waals surface area contributed by atoms with E-state index in [4.69, 9.17) is 0 Å². The number of non-ortho nitro benzene ring substituents is 1. The summed E-state index contributed by atoms with van der Waals surface area (Å²) < 4.78 is 0.729. The second-order valence-electron chi connectivity index (χ2n) is 4.68. The fourth-order valence-electron chi connectivity index (χ4n) is 1.21. The molecule has 0 amide bonds. The van der Waals surface area contributed by atoms with Gasteiger partial charge < -0.3 is 5.32 Å². The Kier molecular flexibility index (Phi) is 4.04. The molecular weight excluding hydrogens is 272 g/mol. The number of nitrogens with one attached hydrogen (secondary N) is 1. The van der Waals surface area contributed by atoms with Crippen LogP contribution in [0.25, 0.3) is 0 Å². The van der Waals surface area contributed by atoms with Gasteiger partial charge in [-0.25, -0.2) is 0 Å². The van der Waals surface area contributed by atoms with Crippen molar-refractivity contribution in [2.75, 3.05) is 0 Å². The molecule has 1 aromatic rings. The normalized spacial score (nSPS) is 11.5. The largest absolute Gasteiger partial charge is 0.308 e. The zero-order valence-electron chi connectivity index (χ0n) is 9.58. The van der Waals surface area contributed by atoms with Crippen molar-refractivity contribution in [3.05, 3.63) is 38.3 Å². The molecular formula is C11H15BrN2O2. The Morgan fingerprint density at radius 2 is 2.00 bits per heavy atom. The average Bonchev–Trinajstić information content (AvgIpc) is 2.13. The fraction of sp³-hybridized carbons (Fsp3) is 0.455. The van der Waals surface area contributed by atoms with Crippen LogP contribution in [-0.2, 0) is 6.54 Å². The minimum Gasteiger partial charge on any atom is -0.308 e. The van der Waals surface area contributed by atoms with E-state index in [1.54, 1.807) is 6.07 Å². The topological polar surface area (TPSA) is 55.2 Å². The molecule has 1 aromatic carbocycles. The maximum atomic E-state index is 10.7. The summed E-state index contributed by atoms with van der Waals surface area (Å²) in [7, 11) is 0. The second-order valence-corrected chi connectivity index (χ2v) is 5.59. The van der Waals surface area contributed by atoms with Gasteiger partial charge in [0.1, 0.15) is 0 Å². The zero-order chi connectivity index (χ0) is 12.3. The summed E-state index contributed by atoms with van der Waals surface area (Å²) in [5.74, 6) is 0. The molecule has 0 aliphatic rings. The van der Waals surface area contributed by atoms with Crippen molar-refractivity contribution in [2.45, 2.75) is 32.9 Å². The van der Waals surface area contributed by atoms with Crippen LogP contribution in [0.4, 0.5) is 5.69 Å². The summed E-state index contributed by atoms with van der Waals surface area (Å²) in [5, 5.41) is 14.0. The van der Waals surface area contributed by atoms with Crippen molar-refractivity contribution in [3.8, 4) is 0 Å². The molecule has 1 N–H and O–H groups in total. The predicted molar refractivity (Wildman–Crippen MR) is 67.4 cm³/mol. The molecule has 0 aliphatic carbocycles. The Morgan fingerprint density at radius 1 is 1.38 bits per heavy atom. The molecule has 0 aliphatic heterocycles. The van der Waals surface area contributed by atoms with E-state index in [1.165, 1.54) is 6.07 Å². The third kappa shape index (κ3) is 4.28. The molecule has 4 nitrogen and oxygen atoms in total. The lowest BCUT2D eigenvalue weighted by atomic mass is 10.1. The molecule has 5 heteroatoms. The SMILES string of the molecule is CC(C)(C)NCc1cc(Br)cc([N+](=O)[O-])c1. The maximum Gasteiger partial charge on any atom is 0.270 e. The van der Waals surface area contributed by atoms with Crippen molar-refractivity contribution in [1.29, 1.82) is 0 Å². The molecule has 0 radical (unpaired) electrons. The first-order valence-corrected chi connectivity index (χ1v) is 5.76. The molecule has 0 bridgehead atoms. The van der Waals surface area contributed by atoms with Crippen LogP contribution in [0.15, 0.2) is 22.7 Å². The smallest absolute Gasteiger partial charge is 0.270 e. The first-order chi connectivity index (χ1) is 7.28. The Bertz CT molecular complexity index is 399. The Balaban J connectivity index is 2.85. The van der Waals surface area contributed by atoms with Gasteiger partial charge >= 0.3 is 0 Å². The summed E-state index contributed by atoms with van der Waals surface area (Å²) in [5.41, 5.74) is 1.01. The van der Waals surface area contributed by atoms with Crippen LogP contribution < -0.4 is 5.32 Å². The van der Waals surface area contributed by atoms with Gasteiger partial charge in [-0.2, -0.15) is 0 Å². The average molecular weight is 287 g/mol. The van der Waals surface area contributed by atoms with Gasteiger partial charge in [0.2, 0.25) is 0 Å². The molecule has 16 heavy (non-hydrogen) atoms. The number of hydrogen-bond donors (Lipinski definition) is 1. The maximum absolute atomic E-state index is 10.7. The highest BCUT2D eigenvalue weighted by Gasteiger charge is 2.12. The Labute approximate surface area is 103 Å². The highest BCUT2D eigenvalue weighted by atomic mass is 79.9. The number of nitro groups is 1. The molecule has 0 fully saturated rings. The van der Waals surface area contributed by atoms with E-state index in [0.29, 0.717) is 6.54 Å². The Hall–Kier alpha value is -0.940. The lowest BCUT2D eigenvalue weighted by Gasteiger charge is -2.20. The molecule has 1 rings (SSSR count). The molecule has 0 unspecified atom stereocenters. The van der Waals surface area contributed by atoms with Crippen LogP contribution >= 0.6 is 15.9 Å². The summed E-state index contributed by atoms with van der Waals surface area (Å²) in [6.45, 7) is 6.78. The lowest BCUT2D eigenvalue weighted by Crippen LogP contribution is -2.35. The minimum absolute atomic E-state index is 0.00288. The second kappa shape index (κ2) is 4.93. The zero-order valence-corrected chi connectivity index (χ0v) is 11.2. The van der Waals surface area contributed by atoms with Crippen LogP contribution in [0, 0.1) is 10.1 Å². The molecule has 0 spiro atoms. The molecule has 0 saturated carbocycles. The van der Waals surface area contributed by atoms with Crippen molar-refractivity contribution in [3.63, 3.8) is 0 Å². The standard InChI is InChI=1S/C11H15BrN2O2/c1-11(2,3)13-7-8-4-9(12)6-10(5-8)14(15)16/h4-6,13H,7H2,1-3H3. The van der Waals surface area contributed by atoms with Crippen molar-refractivity contribution in [2.24, 2.45) is 0 Å². The van der Waals surface area contributed by atoms with Crippen molar-refractivity contribution in [1.82, 2.24) is 5.32 Å². The van der Waals surface area contributed by atoms with Gasteiger partial charge in [-0.1, -0.05) is 15.9 Å². The van der Waals surface area contributed by atoms with Crippen LogP contribution in [-0.4, -0.2) is 10.5 Å². The van der Waals surface area contributed by atoms with E-state index in [9.17, 15) is 10.1 Å². The van der Waals surface area contributed by atoms with Crippen LogP contribution in [0.5, 0.6) is 0 Å². The number of hydrogen-bond acceptors (Lipinski definition) is 3. The number of nitro benzene ring substituents is 1. The van der Waals surface area contributed by atoms with Gasteiger partial charge in [0.05, 0.1) is 4.92 Å². The molecule has 0 heterocycles. The fourth-order valence-corrected chi connectivity index (χ4v) is 1.74. The first-order valence-electron chi connectivity index (χ1n) is 4.97. The van der Waals surface area contributed by atoms with E-state index < -0.39 is 0 Å². The van der Waals surface area contributed by atoms with Gasteiger partial charge in [0, 0.05) is 28.7 Å². The van der Waals surface area contributed by atoms with E-state index in [2.05, 4.69) is 42.0 Å².